The second-order valence-corrected chi connectivity index (χ2v) is 8.27. The lowest BCUT2D eigenvalue weighted by Crippen LogP contribution is -2.22. The minimum Gasteiger partial charge on any atom is -0.457 e. The van der Waals surface area contributed by atoms with Crippen molar-refractivity contribution < 1.29 is 14.3 Å². The number of hydrogen-bond acceptors (Lipinski definition) is 4. The van der Waals surface area contributed by atoms with Crippen molar-refractivity contribution in [2.24, 2.45) is 5.73 Å². The van der Waals surface area contributed by atoms with Crippen LogP contribution in [0.3, 0.4) is 0 Å². The van der Waals surface area contributed by atoms with Gasteiger partial charge in [-0.3, -0.25) is 4.90 Å². The fourth-order valence-electron chi connectivity index (χ4n) is 4.75. The summed E-state index contributed by atoms with van der Waals surface area (Å²) in [6.45, 7) is 2.07. The minimum absolute atomic E-state index is 0.447. The normalized spacial score (nSPS) is 17.9. The Hall–Kier alpha value is -3.31. The Morgan fingerprint density at radius 2 is 1.74 bits per heavy atom. The Kier molecular flexibility index (Phi) is 5.35. The fraction of sp³-hybridized carbons (Fsp3) is 0.269. The highest BCUT2D eigenvalue weighted by molar-refractivity contribution is 5.68. The van der Waals surface area contributed by atoms with E-state index in [1.54, 1.807) is 6.07 Å². The maximum atomic E-state index is 11.0. The van der Waals surface area contributed by atoms with Crippen molar-refractivity contribution in [2.45, 2.75) is 38.3 Å². The van der Waals surface area contributed by atoms with Gasteiger partial charge in [0.25, 0.3) is 0 Å². The van der Waals surface area contributed by atoms with Crippen LogP contribution in [0.1, 0.15) is 41.1 Å². The summed E-state index contributed by atoms with van der Waals surface area (Å²) in [4.78, 5) is 13.6. The Morgan fingerprint density at radius 1 is 1.00 bits per heavy atom. The smallest absolute Gasteiger partial charge is 0.409 e. The topological polar surface area (TPSA) is 64.8 Å². The van der Waals surface area contributed by atoms with Gasteiger partial charge in [0, 0.05) is 12.6 Å². The third-order valence-electron chi connectivity index (χ3n) is 6.19. The minimum atomic E-state index is -0.807. The van der Waals surface area contributed by atoms with E-state index in [1.165, 1.54) is 29.5 Å². The van der Waals surface area contributed by atoms with Crippen molar-refractivity contribution in [2.75, 3.05) is 6.54 Å². The summed E-state index contributed by atoms with van der Waals surface area (Å²) in [7, 11) is 0. The van der Waals surface area contributed by atoms with Crippen molar-refractivity contribution in [3.05, 3.63) is 89.0 Å². The molecule has 0 spiro atoms. The zero-order chi connectivity index (χ0) is 21.2. The van der Waals surface area contributed by atoms with E-state index >= 15 is 0 Å². The van der Waals surface area contributed by atoms with E-state index in [0.717, 1.165) is 43.0 Å². The van der Waals surface area contributed by atoms with Crippen LogP contribution in [0.25, 0.3) is 0 Å². The molecule has 1 atom stereocenters. The largest absolute Gasteiger partial charge is 0.457 e. The molecule has 0 radical (unpaired) electrons. The summed E-state index contributed by atoms with van der Waals surface area (Å²) >= 11 is 0. The van der Waals surface area contributed by atoms with Crippen LogP contribution in [0.2, 0.25) is 0 Å². The third-order valence-corrected chi connectivity index (χ3v) is 6.19. The number of carbonyl (C=O) groups is 1. The van der Waals surface area contributed by atoms with Crippen molar-refractivity contribution >= 4 is 6.09 Å². The number of carbonyl (C=O) groups excluding carboxylic acids is 1. The first-order valence-electron chi connectivity index (χ1n) is 10.8. The Bertz CT molecular complexity index is 1100. The first-order chi connectivity index (χ1) is 15.2. The summed E-state index contributed by atoms with van der Waals surface area (Å²) in [5.41, 5.74) is 10.1. The summed E-state index contributed by atoms with van der Waals surface area (Å²) in [6.07, 6.45) is 3.33. The zero-order valence-corrected chi connectivity index (χ0v) is 17.4. The molecule has 2 aliphatic rings. The van der Waals surface area contributed by atoms with Crippen LogP contribution in [0.4, 0.5) is 4.79 Å². The zero-order valence-electron chi connectivity index (χ0n) is 17.4. The van der Waals surface area contributed by atoms with Gasteiger partial charge in [-0.1, -0.05) is 42.5 Å². The number of rotatable bonds is 4. The van der Waals surface area contributed by atoms with E-state index in [1.807, 2.05) is 12.1 Å². The number of aryl methyl sites for hydroxylation is 2. The molecule has 3 aromatic carbocycles. The molecule has 31 heavy (non-hydrogen) atoms. The van der Waals surface area contributed by atoms with E-state index in [-0.39, 0.29) is 0 Å². The van der Waals surface area contributed by atoms with Gasteiger partial charge in [0.05, 0.1) is 0 Å². The summed E-state index contributed by atoms with van der Waals surface area (Å²) in [5, 5.41) is 0. The van der Waals surface area contributed by atoms with Gasteiger partial charge in [0.1, 0.15) is 17.2 Å². The maximum absolute atomic E-state index is 11.0. The second kappa shape index (κ2) is 8.44. The van der Waals surface area contributed by atoms with Gasteiger partial charge in [-0.25, -0.2) is 4.79 Å². The van der Waals surface area contributed by atoms with Crippen LogP contribution in [0.5, 0.6) is 17.2 Å². The number of primary amides is 1. The molecule has 2 N–H and O–H groups in total. The lowest BCUT2D eigenvalue weighted by molar-refractivity contribution is 0.211. The molecule has 0 aliphatic carbocycles. The summed E-state index contributed by atoms with van der Waals surface area (Å²) < 4.78 is 11.2. The van der Waals surface area contributed by atoms with E-state index < -0.39 is 6.09 Å². The van der Waals surface area contributed by atoms with Crippen LogP contribution in [0, 0.1) is 0 Å². The number of benzene rings is 3. The average molecular weight is 415 g/mol. The molecule has 1 unspecified atom stereocenters. The van der Waals surface area contributed by atoms with Gasteiger partial charge in [-0.05, 0) is 78.7 Å². The van der Waals surface area contributed by atoms with Gasteiger partial charge >= 0.3 is 6.09 Å². The lowest BCUT2D eigenvalue weighted by Gasteiger charge is -2.25. The van der Waals surface area contributed by atoms with Crippen LogP contribution >= 0.6 is 0 Å². The van der Waals surface area contributed by atoms with E-state index in [2.05, 4.69) is 53.4 Å². The Morgan fingerprint density at radius 3 is 2.52 bits per heavy atom. The van der Waals surface area contributed by atoms with Gasteiger partial charge in [0.2, 0.25) is 0 Å². The predicted octanol–water partition coefficient (Wildman–Crippen LogP) is 5.37. The first kappa shape index (κ1) is 19.6. The molecule has 1 saturated heterocycles. The Balaban J connectivity index is 1.33. The summed E-state index contributed by atoms with van der Waals surface area (Å²) in [6, 6.07) is 23.2. The molecule has 0 bridgehead atoms. The number of hydrogen-bond donors (Lipinski definition) is 1. The molecule has 1 fully saturated rings. The Labute approximate surface area is 182 Å². The second-order valence-electron chi connectivity index (χ2n) is 8.27. The molecular formula is C26H26N2O3. The molecule has 5 nitrogen and oxygen atoms in total. The summed E-state index contributed by atoms with van der Waals surface area (Å²) in [5.74, 6) is 2.14. The highest BCUT2D eigenvalue weighted by Gasteiger charge is 2.26. The molecule has 5 rings (SSSR count). The molecular weight excluding hydrogens is 388 g/mol. The highest BCUT2D eigenvalue weighted by Crippen LogP contribution is 2.37. The number of amides is 1. The number of nitrogens with two attached hydrogens (primary N) is 1. The van der Waals surface area contributed by atoms with E-state index in [4.69, 9.17) is 15.2 Å². The molecule has 2 aliphatic heterocycles. The van der Waals surface area contributed by atoms with Gasteiger partial charge in [0.15, 0.2) is 0 Å². The SMILES string of the molecule is NC(=O)Oc1ccc2c(c1)CCc1cc(CN3CCCC3c3ccccc3)ccc1O2. The number of fused-ring (bicyclic) bond motifs is 2. The fourth-order valence-corrected chi connectivity index (χ4v) is 4.75. The van der Waals surface area contributed by atoms with E-state index in [0.29, 0.717) is 11.8 Å². The quantitative estimate of drug-likeness (QED) is 0.623. The average Bonchev–Trinajstić information content (AvgIpc) is 3.15. The van der Waals surface area contributed by atoms with Gasteiger partial charge in [-0.15, -0.1) is 0 Å². The van der Waals surface area contributed by atoms with Crippen LogP contribution < -0.4 is 15.2 Å². The maximum Gasteiger partial charge on any atom is 0.409 e. The lowest BCUT2D eigenvalue weighted by atomic mass is 10.0. The molecule has 2 heterocycles. The standard InChI is InChI=1S/C26H26N2O3/c27-26(29)30-22-11-13-25-21(16-22)10-9-20-15-18(8-12-24(20)31-25)17-28-14-4-7-23(28)19-5-2-1-3-6-19/h1-3,5-6,8,11-13,15-16,23H,4,7,9-10,14,17H2,(H2,27,29). The number of likely N-dealkylation sites (tertiary alicyclic amines) is 1. The molecule has 0 saturated carbocycles. The van der Waals surface area contributed by atoms with Crippen LogP contribution in [0.15, 0.2) is 66.7 Å². The highest BCUT2D eigenvalue weighted by atomic mass is 16.5. The van der Waals surface area contributed by atoms with E-state index in [9.17, 15) is 4.79 Å². The molecule has 3 aromatic rings. The molecule has 158 valence electrons. The monoisotopic (exact) mass is 414 g/mol. The van der Waals surface area contributed by atoms with Crippen LogP contribution in [-0.2, 0) is 19.4 Å². The third kappa shape index (κ3) is 4.28. The predicted molar refractivity (Wildman–Crippen MR) is 119 cm³/mol. The first-order valence-corrected chi connectivity index (χ1v) is 10.8. The van der Waals surface area contributed by atoms with Gasteiger partial charge < -0.3 is 15.2 Å². The molecule has 1 amide bonds. The molecule has 5 heteroatoms. The van der Waals surface area contributed by atoms with Crippen LogP contribution in [-0.4, -0.2) is 17.5 Å². The number of nitrogens with zero attached hydrogens (tertiary/aromatic N) is 1. The van der Waals surface area contributed by atoms with Crippen molar-refractivity contribution in [1.82, 2.24) is 4.90 Å². The van der Waals surface area contributed by atoms with Crippen molar-refractivity contribution in [3.8, 4) is 17.2 Å². The molecule has 0 aromatic heterocycles. The van der Waals surface area contributed by atoms with Gasteiger partial charge in [-0.2, -0.15) is 0 Å². The van der Waals surface area contributed by atoms with Crippen molar-refractivity contribution in [1.29, 1.82) is 0 Å². The number of ether oxygens (including phenoxy) is 2. The van der Waals surface area contributed by atoms with Crippen molar-refractivity contribution in [3.63, 3.8) is 0 Å².